The second-order valence-electron chi connectivity index (χ2n) is 5.49. The number of nitrogens with zero attached hydrogens (tertiary/aromatic N) is 2. The summed E-state index contributed by atoms with van der Waals surface area (Å²) >= 11 is 1.70. The molecule has 0 fully saturated rings. The molecule has 3 rings (SSSR count). The van der Waals surface area contributed by atoms with Crippen LogP contribution in [-0.4, -0.2) is 16.8 Å². The molecule has 122 valence electrons. The SMILES string of the molecule is CCOc1ccc(-c2ccc(SCc3cccc(C)c3)nn2)cc1. The first kappa shape index (κ1) is 16.5. The quantitative estimate of drug-likeness (QED) is 0.584. The van der Waals surface area contributed by atoms with Gasteiger partial charge in [0.05, 0.1) is 12.3 Å². The molecule has 1 heterocycles. The number of rotatable bonds is 6. The highest BCUT2D eigenvalue weighted by Crippen LogP contribution is 2.24. The number of ether oxygens (including phenoxy) is 1. The first-order valence-corrected chi connectivity index (χ1v) is 8.98. The van der Waals surface area contributed by atoms with Crippen LogP contribution in [0.4, 0.5) is 0 Å². The van der Waals surface area contributed by atoms with Crippen LogP contribution < -0.4 is 4.74 Å². The minimum absolute atomic E-state index is 0.673. The van der Waals surface area contributed by atoms with Crippen molar-refractivity contribution >= 4 is 11.8 Å². The van der Waals surface area contributed by atoms with E-state index in [9.17, 15) is 0 Å². The average molecular weight is 336 g/mol. The molecular formula is C20H20N2OS. The molecule has 0 amide bonds. The monoisotopic (exact) mass is 336 g/mol. The summed E-state index contributed by atoms with van der Waals surface area (Å²) in [4.78, 5) is 0. The van der Waals surface area contributed by atoms with Crippen molar-refractivity contribution in [3.63, 3.8) is 0 Å². The molecule has 2 aromatic carbocycles. The smallest absolute Gasteiger partial charge is 0.119 e. The van der Waals surface area contributed by atoms with Gasteiger partial charge in [0, 0.05) is 11.3 Å². The largest absolute Gasteiger partial charge is 0.494 e. The van der Waals surface area contributed by atoms with Crippen molar-refractivity contribution in [2.24, 2.45) is 0 Å². The Morgan fingerprint density at radius 2 is 1.79 bits per heavy atom. The summed E-state index contributed by atoms with van der Waals surface area (Å²) in [5.41, 5.74) is 4.50. The van der Waals surface area contributed by atoms with E-state index in [4.69, 9.17) is 4.74 Å². The van der Waals surface area contributed by atoms with Crippen LogP contribution >= 0.6 is 11.8 Å². The van der Waals surface area contributed by atoms with E-state index in [0.717, 1.165) is 27.8 Å². The topological polar surface area (TPSA) is 35.0 Å². The van der Waals surface area contributed by atoms with E-state index < -0.39 is 0 Å². The van der Waals surface area contributed by atoms with Gasteiger partial charge in [-0.05, 0) is 55.8 Å². The predicted molar refractivity (Wildman–Crippen MR) is 99.4 cm³/mol. The van der Waals surface area contributed by atoms with Gasteiger partial charge in [0.25, 0.3) is 0 Å². The molecule has 0 bridgehead atoms. The molecule has 3 nitrogen and oxygen atoms in total. The van der Waals surface area contributed by atoms with E-state index >= 15 is 0 Å². The van der Waals surface area contributed by atoms with E-state index in [2.05, 4.69) is 41.4 Å². The molecule has 0 atom stereocenters. The lowest BCUT2D eigenvalue weighted by atomic mass is 10.1. The minimum Gasteiger partial charge on any atom is -0.494 e. The molecule has 0 unspecified atom stereocenters. The lowest BCUT2D eigenvalue weighted by molar-refractivity contribution is 0.340. The van der Waals surface area contributed by atoms with Gasteiger partial charge in [0.15, 0.2) is 0 Å². The Hall–Kier alpha value is -2.33. The molecule has 0 N–H and O–H groups in total. The molecular weight excluding hydrogens is 316 g/mol. The molecule has 0 radical (unpaired) electrons. The number of aromatic nitrogens is 2. The first-order valence-electron chi connectivity index (χ1n) is 8.00. The Labute approximate surface area is 147 Å². The maximum Gasteiger partial charge on any atom is 0.119 e. The number of benzene rings is 2. The van der Waals surface area contributed by atoms with Crippen LogP contribution in [0.25, 0.3) is 11.3 Å². The summed E-state index contributed by atoms with van der Waals surface area (Å²) in [6.07, 6.45) is 0. The molecule has 0 saturated heterocycles. The molecule has 0 spiro atoms. The van der Waals surface area contributed by atoms with E-state index in [1.165, 1.54) is 11.1 Å². The molecule has 1 aromatic heterocycles. The van der Waals surface area contributed by atoms with Gasteiger partial charge in [-0.25, -0.2) is 0 Å². The Morgan fingerprint density at radius 3 is 2.46 bits per heavy atom. The van der Waals surface area contributed by atoms with Crippen LogP contribution in [0.3, 0.4) is 0 Å². The number of thioether (sulfide) groups is 1. The lowest BCUT2D eigenvalue weighted by Crippen LogP contribution is -1.92. The van der Waals surface area contributed by atoms with E-state index in [1.54, 1.807) is 11.8 Å². The number of aryl methyl sites for hydroxylation is 1. The van der Waals surface area contributed by atoms with Crippen molar-refractivity contribution in [1.82, 2.24) is 10.2 Å². The third-order valence-corrected chi connectivity index (χ3v) is 4.56. The Bertz CT molecular complexity index is 785. The average Bonchev–Trinajstić information content (AvgIpc) is 2.62. The highest BCUT2D eigenvalue weighted by Gasteiger charge is 2.03. The third-order valence-electron chi connectivity index (χ3n) is 3.57. The van der Waals surface area contributed by atoms with E-state index in [1.807, 2.05) is 43.3 Å². The Balaban J connectivity index is 1.64. The molecule has 0 aliphatic carbocycles. The molecule has 0 aliphatic heterocycles. The second kappa shape index (κ2) is 7.97. The van der Waals surface area contributed by atoms with Gasteiger partial charge in [-0.1, -0.05) is 41.6 Å². The maximum atomic E-state index is 5.46. The zero-order chi connectivity index (χ0) is 16.8. The van der Waals surface area contributed by atoms with Crippen LogP contribution in [0.5, 0.6) is 5.75 Å². The fourth-order valence-electron chi connectivity index (χ4n) is 2.40. The highest BCUT2D eigenvalue weighted by atomic mass is 32.2. The fourth-order valence-corrected chi connectivity index (χ4v) is 3.16. The van der Waals surface area contributed by atoms with Crippen LogP contribution in [-0.2, 0) is 5.75 Å². The molecule has 0 saturated carbocycles. The normalized spacial score (nSPS) is 10.6. The highest BCUT2D eigenvalue weighted by molar-refractivity contribution is 7.98. The van der Waals surface area contributed by atoms with E-state index in [0.29, 0.717) is 6.61 Å². The fraction of sp³-hybridized carbons (Fsp3) is 0.200. The van der Waals surface area contributed by atoms with Gasteiger partial charge in [0.2, 0.25) is 0 Å². The lowest BCUT2D eigenvalue weighted by Gasteiger charge is -2.05. The van der Waals surface area contributed by atoms with E-state index in [-0.39, 0.29) is 0 Å². The molecule has 3 aromatic rings. The van der Waals surface area contributed by atoms with Crippen molar-refractivity contribution < 1.29 is 4.74 Å². The second-order valence-corrected chi connectivity index (χ2v) is 6.49. The standard InChI is InChI=1S/C20H20N2OS/c1-3-23-18-9-7-17(8-10-18)19-11-12-20(22-21-19)24-14-16-6-4-5-15(2)13-16/h4-13H,3,14H2,1-2H3. The van der Waals surface area contributed by atoms with Gasteiger partial charge < -0.3 is 4.74 Å². The first-order chi connectivity index (χ1) is 11.7. The maximum absolute atomic E-state index is 5.46. The van der Waals surface area contributed by atoms with Gasteiger partial charge in [-0.15, -0.1) is 10.2 Å². The van der Waals surface area contributed by atoms with Gasteiger partial charge in [-0.2, -0.15) is 0 Å². The molecule has 0 aliphatic rings. The molecule has 4 heteroatoms. The van der Waals surface area contributed by atoms with Gasteiger partial charge in [0.1, 0.15) is 10.8 Å². The number of hydrogen-bond acceptors (Lipinski definition) is 4. The van der Waals surface area contributed by atoms with Crippen molar-refractivity contribution in [3.05, 3.63) is 71.8 Å². The van der Waals surface area contributed by atoms with Crippen molar-refractivity contribution in [3.8, 4) is 17.0 Å². The minimum atomic E-state index is 0.673. The summed E-state index contributed by atoms with van der Waals surface area (Å²) in [5.74, 6) is 1.78. The summed E-state index contributed by atoms with van der Waals surface area (Å²) in [7, 11) is 0. The van der Waals surface area contributed by atoms with Gasteiger partial charge >= 0.3 is 0 Å². The summed E-state index contributed by atoms with van der Waals surface area (Å²) in [6.45, 7) is 4.76. The number of hydrogen-bond donors (Lipinski definition) is 0. The summed E-state index contributed by atoms with van der Waals surface area (Å²) in [6, 6.07) is 20.5. The van der Waals surface area contributed by atoms with Crippen LogP contribution in [0.15, 0.2) is 65.7 Å². The van der Waals surface area contributed by atoms with Crippen LogP contribution in [0.1, 0.15) is 18.1 Å². The summed E-state index contributed by atoms with van der Waals surface area (Å²) < 4.78 is 5.46. The van der Waals surface area contributed by atoms with Crippen LogP contribution in [0.2, 0.25) is 0 Å². The Kier molecular flexibility index (Phi) is 5.49. The zero-order valence-electron chi connectivity index (χ0n) is 13.9. The van der Waals surface area contributed by atoms with Gasteiger partial charge in [-0.3, -0.25) is 0 Å². The van der Waals surface area contributed by atoms with Crippen molar-refractivity contribution in [2.75, 3.05) is 6.61 Å². The third kappa shape index (κ3) is 4.36. The zero-order valence-corrected chi connectivity index (χ0v) is 14.7. The van der Waals surface area contributed by atoms with Crippen molar-refractivity contribution in [2.45, 2.75) is 24.6 Å². The van der Waals surface area contributed by atoms with Crippen molar-refractivity contribution in [1.29, 1.82) is 0 Å². The van der Waals surface area contributed by atoms with Crippen LogP contribution in [0, 0.1) is 6.92 Å². The molecule has 24 heavy (non-hydrogen) atoms. The summed E-state index contributed by atoms with van der Waals surface area (Å²) in [5, 5.41) is 9.61. The Morgan fingerprint density at radius 1 is 0.958 bits per heavy atom. The predicted octanol–water partition coefficient (Wildman–Crippen LogP) is 5.14.